The van der Waals surface area contributed by atoms with Gasteiger partial charge in [0.15, 0.2) is 0 Å². The summed E-state index contributed by atoms with van der Waals surface area (Å²) in [6, 6.07) is 10.3. The summed E-state index contributed by atoms with van der Waals surface area (Å²) < 4.78 is 2.05. The molecule has 1 unspecified atom stereocenters. The number of nitrogens with zero attached hydrogens (tertiary/aromatic N) is 2. The van der Waals surface area contributed by atoms with E-state index in [-0.39, 0.29) is 11.9 Å². The van der Waals surface area contributed by atoms with Gasteiger partial charge < -0.3 is 5.32 Å². The second-order valence-corrected chi connectivity index (χ2v) is 5.48. The van der Waals surface area contributed by atoms with Crippen molar-refractivity contribution >= 4 is 5.91 Å². The summed E-state index contributed by atoms with van der Waals surface area (Å²) in [5.41, 5.74) is 3.59. The number of rotatable bonds is 3. The van der Waals surface area contributed by atoms with Crippen molar-refractivity contribution < 1.29 is 4.79 Å². The van der Waals surface area contributed by atoms with Crippen LogP contribution in [-0.4, -0.2) is 15.7 Å². The van der Waals surface area contributed by atoms with Gasteiger partial charge in [0, 0.05) is 11.3 Å². The summed E-state index contributed by atoms with van der Waals surface area (Å²) in [5.74, 6) is 4.97. The molecule has 1 aromatic heterocycles. The minimum atomic E-state index is -0.212. The topological polar surface area (TPSA) is 46.9 Å². The van der Waals surface area contributed by atoms with Crippen LogP contribution in [0, 0.1) is 11.8 Å². The van der Waals surface area contributed by atoms with E-state index in [4.69, 9.17) is 0 Å². The summed E-state index contributed by atoms with van der Waals surface area (Å²) in [6.07, 6.45) is 4.90. The smallest absolute Gasteiger partial charge is 0.296 e. The lowest BCUT2D eigenvalue weighted by Crippen LogP contribution is -2.30. The van der Waals surface area contributed by atoms with Crippen LogP contribution in [0.5, 0.6) is 0 Å². The van der Waals surface area contributed by atoms with Gasteiger partial charge in [-0.05, 0) is 37.7 Å². The molecule has 1 aliphatic carbocycles. The molecule has 0 fully saturated rings. The summed E-state index contributed by atoms with van der Waals surface area (Å²) in [6.45, 7) is 2.44. The van der Waals surface area contributed by atoms with Crippen LogP contribution in [0.25, 0.3) is 0 Å². The van der Waals surface area contributed by atoms with E-state index in [2.05, 4.69) is 39.1 Å². The molecule has 0 radical (unpaired) electrons. The number of hydrogen-bond acceptors (Lipinski definition) is 2. The van der Waals surface area contributed by atoms with Crippen LogP contribution < -0.4 is 5.32 Å². The van der Waals surface area contributed by atoms with Crippen LogP contribution in [0.2, 0.25) is 0 Å². The molecule has 112 valence electrons. The fraction of sp³-hybridized carbons (Fsp3) is 0.333. The lowest BCUT2D eigenvalue weighted by molar-refractivity contribution is -0.116. The lowest BCUT2D eigenvalue weighted by Gasteiger charge is -2.23. The molecule has 0 saturated heterocycles. The number of fused-ring (bicyclic) bond motifs is 1. The Labute approximate surface area is 130 Å². The fourth-order valence-electron chi connectivity index (χ4n) is 2.97. The van der Waals surface area contributed by atoms with E-state index in [0.717, 1.165) is 31.4 Å². The third-order valence-corrected chi connectivity index (χ3v) is 3.98. The number of hydrogen-bond donors (Lipinski definition) is 1. The van der Waals surface area contributed by atoms with Crippen LogP contribution in [0.3, 0.4) is 0 Å². The molecule has 2 aromatic rings. The minimum absolute atomic E-state index is 0.0293. The first-order valence-electron chi connectivity index (χ1n) is 7.59. The molecular weight excluding hydrogens is 274 g/mol. The molecule has 22 heavy (non-hydrogen) atoms. The molecule has 1 N–H and O–H groups in total. The summed E-state index contributed by atoms with van der Waals surface area (Å²) >= 11 is 0. The van der Waals surface area contributed by atoms with E-state index in [1.165, 1.54) is 11.3 Å². The Morgan fingerprint density at radius 3 is 3.00 bits per heavy atom. The molecule has 0 saturated carbocycles. The average Bonchev–Trinajstić information content (AvgIpc) is 2.93. The molecule has 1 aromatic carbocycles. The first-order valence-corrected chi connectivity index (χ1v) is 7.59. The molecule has 0 aliphatic heterocycles. The Bertz CT molecular complexity index is 722. The first kappa shape index (κ1) is 14.4. The number of carbonyl (C=O) groups excluding carboxylic acids is 1. The SMILES string of the molecule is CC#CC(=O)NC1CCCc2c1cnn2Cc1ccccc1. The van der Waals surface area contributed by atoms with Crippen molar-refractivity contribution in [1.82, 2.24) is 15.1 Å². The minimum Gasteiger partial charge on any atom is -0.338 e. The third kappa shape index (κ3) is 3.04. The zero-order valence-corrected chi connectivity index (χ0v) is 12.7. The highest BCUT2D eigenvalue weighted by molar-refractivity contribution is 5.93. The van der Waals surface area contributed by atoms with Gasteiger partial charge in [-0.15, -0.1) is 0 Å². The summed E-state index contributed by atoms with van der Waals surface area (Å²) in [4.78, 5) is 11.7. The molecule has 4 nitrogen and oxygen atoms in total. The maximum Gasteiger partial charge on any atom is 0.296 e. The number of nitrogens with one attached hydrogen (secondary N) is 1. The van der Waals surface area contributed by atoms with Gasteiger partial charge in [-0.1, -0.05) is 36.3 Å². The van der Waals surface area contributed by atoms with Crippen LogP contribution in [-0.2, 0) is 17.8 Å². The maximum absolute atomic E-state index is 11.7. The van der Waals surface area contributed by atoms with Gasteiger partial charge >= 0.3 is 0 Å². The highest BCUT2D eigenvalue weighted by atomic mass is 16.1. The van der Waals surface area contributed by atoms with Crippen molar-refractivity contribution in [1.29, 1.82) is 0 Å². The molecule has 1 aliphatic rings. The second kappa shape index (κ2) is 6.48. The molecule has 1 heterocycles. The zero-order chi connectivity index (χ0) is 15.4. The van der Waals surface area contributed by atoms with Crippen molar-refractivity contribution in [2.45, 2.75) is 38.8 Å². The standard InChI is InChI=1S/C18H19N3O/c1-2-7-18(22)20-16-10-6-11-17-15(16)12-19-21(17)13-14-8-4-3-5-9-14/h3-5,8-9,12,16H,6,10-11,13H2,1H3,(H,20,22). The first-order chi connectivity index (χ1) is 10.8. The Morgan fingerprint density at radius 1 is 1.41 bits per heavy atom. The van der Waals surface area contributed by atoms with Gasteiger partial charge in [-0.2, -0.15) is 5.10 Å². The summed E-state index contributed by atoms with van der Waals surface area (Å²) in [7, 11) is 0. The van der Waals surface area contributed by atoms with Gasteiger partial charge in [0.1, 0.15) is 0 Å². The number of carbonyl (C=O) groups is 1. The van der Waals surface area contributed by atoms with Crippen LogP contribution in [0.15, 0.2) is 36.5 Å². The van der Waals surface area contributed by atoms with Crippen LogP contribution in [0.1, 0.15) is 42.6 Å². The molecule has 1 atom stereocenters. The van der Waals surface area contributed by atoms with E-state index in [0.29, 0.717) is 0 Å². The van der Waals surface area contributed by atoms with Crippen LogP contribution in [0.4, 0.5) is 0 Å². The normalized spacial score (nSPS) is 16.3. The largest absolute Gasteiger partial charge is 0.338 e. The van der Waals surface area contributed by atoms with E-state index in [1.54, 1.807) is 6.92 Å². The van der Waals surface area contributed by atoms with Crippen LogP contribution >= 0.6 is 0 Å². The molecular formula is C18H19N3O. The Morgan fingerprint density at radius 2 is 2.23 bits per heavy atom. The van der Waals surface area contributed by atoms with E-state index in [1.807, 2.05) is 24.4 Å². The highest BCUT2D eigenvalue weighted by Gasteiger charge is 2.25. The molecule has 0 spiro atoms. The van der Waals surface area contributed by atoms with E-state index < -0.39 is 0 Å². The van der Waals surface area contributed by atoms with Gasteiger partial charge in [0.05, 0.1) is 18.8 Å². The van der Waals surface area contributed by atoms with Gasteiger partial charge in [-0.3, -0.25) is 9.48 Å². The molecule has 3 rings (SSSR count). The fourth-order valence-corrected chi connectivity index (χ4v) is 2.97. The van der Waals surface area contributed by atoms with E-state index in [9.17, 15) is 4.79 Å². The van der Waals surface area contributed by atoms with Gasteiger partial charge in [-0.25, -0.2) is 0 Å². The Kier molecular flexibility index (Phi) is 4.24. The van der Waals surface area contributed by atoms with Crippen molar-refractivity contribution in [3.63, 3.8) is 0 Å². The Balaban J connectivity index is 1.81. The summed E-state index contributed by atoms with van der Waals surface area (Å²) in [5, 5.41) is 7.51. The van der Waals surface area contributed by atoms with Gasteiger partial charge in [0.25, 0.3) is 5.91 Å². The number of benzene rings is 1. The second-order valence-electron chi connectivity index (χ2n) is 5.48. The molecule has 0 bridgehead atoms. The molecule has 4 heteroatoms. The highest BCUT2D eigenvalue weighted by Crippen LogP contribution is 2.29. The predicted octanol–water partition coefficient (Wildman–Crippen LogP) is 2.45. The average molecular weight is 293 g/mol. The van der Waals surface area contributed by atoms with Crippen molar-refractivity contribution in [3.8, 4) is 11.8 Å². The predicted molar refractivity (Wildman–Crippen MR) is 85.0 cm³/mol. The van der Waals surface area contributed by atoms with Crippen molar-refractivity contribution in [2.75, 3.05) is 0 Å². The quantitative estimate of drug-likeness (QED) is 0.884. The van der Waals surface area contributed by atoms with Crippen molar-refractivity contribution in [2.24, 2.45) is 0 Å². The number of aromatic nitrogens is 2. The molecule has 1 amide bonds. The Hall–Kier alpha value is -2.54. The van der Waals surface area contributed by atoms with Crippen molar-refractivity contribution in [3.05, 3.63) is 53.3 Å². The van der Waals surface area contributed by atoms with E-state index >= 15 is 0 Å². The third-order valence-electron chi connectivity index (χ3n) is 3.98. The monoisotopic (exact) mass is 293 g/mol. The zero-order valence-electron chi connectivity index (χ0n) is 12.7. The lowest BCUT2D eigenvalue weighted by atomic mass is 9.93. The maximum atomic E-state index is 11.7. The number of amides is 1. The van der Waals surface area contributed by atoms with Gasteiger partial charge in [0.2, 0.25) is 0 Å².